The molecule has 15 heavy (non-hydrogen) atoms. The van der Waals surface area contributed by atoms with Crippen molar-refractivity contribution in [3.63, 3.8) is 0 Å². The second-order valence-electron chi connectivity index (χ2n) is 2.90. The summed E-state index contributed by atoms with van der Waals surface area (Å²) < 4.78 is 0. The van der Waals surface area contributed by atoms with Crippen molar-refractivity contribution in [2.45, 2.75) is 11.8 Å². The highest BCUT2D eigenvalue weighted by Gasteiger charge is 2.11. The second kappa shape index (κ2) is 4.84. The van der Waals surface area contributed by atoms with Crippen molar-refractivity contribution in [1.82, 2.24) is 0 Å². The third-order valence-electron chi connectivity index (χ3n) is 1.77. The highest BCUT2D eigenvalue weighted by atomic mass is 32.2. The first kappa shape index (κ1) is 11.6. The van der Waals surface area contributed by atoms with Gasteiger partial charge in [0.15, 0.2) is 0 Å². The molecule has 5 heteroatoms. The molecule has 0 saturated heterocycles. The van der Waals surface area contributed by atoms with Gasteiger partial charge in [-0.15, -0.1) is 11.8 Å². The molecule has 0 radical (unpaired) electrons. The molecule has 80 valence electrons. The van der Waals surface area contributed by atoms with E-state index in [2.05, 4.69) is 5.32 Å². The molecule has 4 nitrogen and oxygen atoms in total. The third-order valence-corrected chi connectivity index (χ3v) is 2.49. The lowest BCUT2D eigenvalue weighted by Crippen LogP contribution is -2.10. The number of carboxylic acids is 1. The van der Waals surface area contributed by atoms with Gasteiger partial charge in [0.2, 0.25) is 5.91 Å². The van der Waals surface area contributed by atoms with Crippen molar-refractivity contribution in [1.29, 1.82) is 0 Å². The van der Waals surface area contributed by atoms with Crippen LogP contribution in [0, 0.1) is 0 Å². The van der Waals surface area contributed by atoms with E-state index in [0.717, 1.165) is 4.90 Å². The largest absolute Gasteiger partial charge is 0.478 e. The Hall–Kier alpha value is -1.49. The molecule has 1 aromatic rings. The molecule has 0 aliphatic rings. The topological polar surface area (TPSA) is 66.4 Å². The minimum Gasteiger partial charge on any atom is -0.478 e. The average Bonchev–Trinajstić information content (AvgIpc) is 2.16. The fourth-order valence-corrected chi connectivity index (χ4v) is 1.57. The van der Waals surface area contributed by atoms with Gasteiger partial charge in [0, 0.05) is 11.8 Å². The predicted molar refractivity (Wildman–Crippen MR) is 59.5 cm³/mol. The van der Waals surface area contributed by atoms with Gasteiger partial charge in [0.05, 0.1) is 11.3 Å². The summed E-state index contributed by atoms with van der Waals surface area (Å²) in [6.45, 7) is 1.34. The van der Waals surface area contributed by atoms with Crippen molar-refractivity contribution in [3.8, 4) is 0 Å². The molecular weight excluding hydrogens is 214 g/mol. The van der Waals surface area contributed by atoms with Crippen LogP contribution in [0.3, 0.4) is 0 Å². The number of carboxylic acid groups (broad SMARTS) is 1. The molecule has 0 aliphatic carbocycles. The van der Waals surface area contributed by atoms with Crippen molar-refractivity contribution in [2.24, 2.45) is 0 Å². The lowest BCUT2D eigenvalue weighted by Gasteiger charge is -2.07. The van der Waals surface area contributed by atoms with Gasteiger partial charge < -0.3 is 10.4 Å². The molecule has 0 aromatic heterocycles. The Morgan fingerprint density at radius 2 is 2.07 bits per heavy atom. The van der Waals surface area contributed by atoms with Crippen LogP contribution in [0.4, 0.5) is 5.69 Å². The number of amides is 1. The van der Waals surface area contributed by atoms with E-state index in [1.807, 2.05) is 6.26 Å². The van der Waals surface area contributed by atoms with E-state index in [1.165, 1.54) is 24.8 Å². The summed E-state index contributed by atoms with van der Waals surface area (Å²) in [5.41, 5.74) is 0.435. The summed E-state index contributed by atoms with van der Waals surface area (Å²) in [7, 11) is 0. The second-order valence-corrected chi connectivity index (χ2v) is 3.78. The number of carbonyl (C=O) groups is 2. The summed E-state index contributed by atoms with van der Waals surface area (Å²) in [6.07, 6.45) is 1.88. The molecule has 0 unspecified atom stereocenters. The Morgan fingerprint density at radius 3 is 2.53 bits per heavy atom. The van der Waals surface area contributed by atoms with E-state index in [9.17, 15) is 9.59 Å². The molecule has 0 aliphatic heterocycles. The summed E-state index contributed by atoms with van der Waals surface area (Å²) in [5, 5.41) is 11.4. The molecule has 1 amide bonds. The molecule has 0 atom stereocenters. The Bertz CT molecular complexity index is 404. The molecule has 0 fully saturated rings. The van der Waals surface area contributed by atoms with E-state index in [0.29, 0.717) is 5.69 Å². The maximum absolute atomic E-state index is 10.9. The minimum absolute atomic E-state index is 0.100. The molecule has 0 spiro atoms. The molecular formula is C10H11NO3S. The average molecular weight is 225 g/mol. The Labute approximate surface area is 91.7 Å². The number of aromatic carboxylic acids is 1. The number of hydrogen-bond donors (Lipinski definition) is 2. The van der Waals surface area contributed by atoms with E-state index >= 15 is 0 Å². The first-order chi connectivity index (χ1) is 7.04. The summed E-state index contributed by atoms with van der Waals surface area (Å²) in [5.74, 6) is -1.33. The van der Waals surface area contributed by atoms with Gasteiger partial charge in [-0.1, -0.05) is 0 Å². The van der Waals surface area contributed by atoms with Gasteiger partial charge in [-0.2, -0.15) is 0 Å². The van der Waals surface area contributed by atoms with Crippen LogP contribution in [0.1, 0.15) is 17.3 Å². The summed E-state index contributed by atoms with van der Waals surface area (Å²) in [4.78, 5) is 22.6. The maximum Gasteiger partial charge on any atom is 0.337 e. The number of rotatable bonds is 3. The molecule has 1 aromatic carbocycles. The van der Waals surface area contributed by atoms with Crippen LogP contribution in [-0.2, 0) is 4.79 Å². The monoisotopic (exact) mass is 225 g/mol. The summed E-state index contributed by atoms with van der Waals surface area (Å²) >= 11 is 1.49. The molecule has 1 rings (SSSR count). The van der Waals surface area contributed by atoms with Gasteiger partial charge >= 0.3 is 5.97 Å². The molecule has 2 N–H and O–H groups in total. The van der Waals surface area contributed by atoms with Gasteiger partial charge in [0.1, 0.15) is 0 Å². The summed E-state index contributed by atoms with van der Waals surface area (Å²) in [6, 6.07) is 4.84. The molecule has 0 bridgehead atoms. The molecule has 0 heterocycles. The highest BCUT2D eigenvalue weighted by molar-refractivity contribution is 7.98. The van der Waals surface area contributed by atoms with Crippen molar-refractivity contribution < 1.29 is 14.7 Å². The smallest absolute Gasteiger partial charge is 0.337 e. The van der Waals surface area contributed by atoms with Crippen LogP contribution in [0.5, 0.6) is 0 Å². The zero-order valence-corrected chi connectivity index (χ0v) is 9.22. The number of anilines is 1. The van der Waals surface area contributed by atoms with Gasteiger partial charge in [0.25, 0.3) is 0 Å². The maximum atomic E-state index is 10.9. The van der Waals surface area contributed by atoms with E-state index in [4.69, 9.17) is 5.11 Å². The zero-order chi connectivity index (χ0) is 11.4. The number of carbonyl (C=O) groups excluding carboxylic acids is 1. The molecule has 0 saturated carbocycles. The number of hydrogen-bond acceptors (Lipinski definition) is 3. The van der Waals surface area contributed by atoms with Gasteiger partial charge in [-0.25, -0.2) is 4.79 Å². The quantitative estimate of drug-likeness (QED) is 0.773. The van der Waals surface area contributed by atoms with Gasteiger partial charge in [-0.05, 0) is 24.5 Å². The van der Waals surface area contributed by atoms with Crippen LogP contribution in [0.2, 0.25) is 0 Å². The lowest BCUT2D eigenvalue weighted by atomic mass is 10.2. The van der Waals surface area contributed by atoms with E-state index in [1.54, 1.807) is 12.1 Å². The third kappa shape index (κ3) is 2.99. The first-order valence-corrected chi connectivity index (χ1v) is 5.46. The van der Waals surface area contributed by atoms with Crippen LogP contribution in [0.15, 0.2) is 23.1 Å². The fraction of sp³-hybridized carbons (Fsp3) is 0.200. The van der Waals surface area contributed by atoms with Crippen molar-refractivity contribution >= 4 is 29.3 Å². The van der Waals surface area contributed by atoms with E-state index < -0.39 is 5.97 Å². The SMILES string of the molecule is CSc1ccc(C(=O)O)c(NC(C)=O)c1. The van der Waals surface area contributed by atoms with E-state index in [-0.39, 0.29) is 11.5 Å². The fourth-order valence-electron chi connectivity index (χ4n) is 1.13. The number of benzene rings is 1. The normalized spacial score (nSPS) is 9.73. The van der Waals surface area contributed by atoms with Crippen LogP contribution < -0.4 is 5.32 Å². The number of nitrogens with one attached hydrogen (secondary N) is 1. The standard InChI is InChI=1S/C10H11NO3S/c1-6(12)11-9-5-7(15-2)3-4-8(9)10(13)14/h3-5H,1-2H3,(H,11,12)(H,13,14). The van der Waals surface area contributed by atoms with Gasteiger partial charge in [-0.3, -0.25) is 4.79 Å². The van der Waals surface area contributed by atoms with Crippen LogP contribution >= 0.6 is 11.8 Å². The highest BCUT2D eigenvalue weighted by Crippen LogP contribution is 2.23. The first-order valence-electron chi connectivity index (χ1n) is 4.23. The predicted octanol–water partition coefficient (Wildman–Crippen LogP) is 2.07. The van der Waals surface area contributed by atoms with Crippen molar-refractivity contribution in [3.05, 3.63) is 23.8 Å². The Kier molecular flexibility index (Phi) is 3.74. The zero-order valence-electron chi connectivity index (χ0n) is 8.40. The van der Waals surface area contributed by atoms with Crippen molar-refractivity contribution in [2.75, 3.05) is 11.6 Å². The lowest BCUT2D eigenvalue weighted by molar-refractivity contribution is -0.114. The van der Waals surface area contributed by atoms with Crippen LogP contribution in [0.25, 0.3) is 0 Å². The Balaban J connectivity index is 3.16. The number of thioether (sulfide) groups is 1. The Morgan fingerprint density at radius 1 is 1.40 bits per heavy atom. The van der Waals surface area contributed by atoms with Crippen LogP contribution in [-0.4, -0.2) is 23.2 Å². The minimum atomic E-state index is -1.05.